The minimum absolute atomic E-state index is 0.101. The minimum atomic E-state index is -1.10. The monoisotopic (exact) mass is 341 g/mol. The van der Waals surface area contributed by atoms with Gasteiger partial charge in [0.1, 0.15) is 6.04 Å². The maximum absolute atomic E-state index is 11.9. The van der Waals surface area contributed by atoms with Crippen molar-refractivity contribution in [3.8, 4) is 0 Å². The maximum Gasteiger partial charge on any atom is 0.410 e. The van der Waals surface area contributed by atoms with Crippen LogP contribution in [0, 0.1) is 17.3 Å². The average Bonchev–Trinajstić information content (AvgIpc) is 2.85. The Hall–Kier alpha value is -2.05. The Morgan fingerprint density at radius 3 is 2.29 bits per heavy atom. The van der Waals surface area contributed by atoms with Crippen LogP contribution in [0.4, 0.5) is 4.79 Å². The number of rotatable bonds is 5. The third kappa shape index (κ3) is 4.49. The summed E-state index contributed by atoms with van der Waals surface area (Å²) in [5.41, 5.74) is 0.174. The van der Waals surface area contributed by atoms with E-state index < -0.39 is 23.5 Å². The molecule has 1 N–H and O–H groups in total. The number of carbonyl (C=O) groups excluding carboxylic acids is 2. The SMILES string of the molecule is C=C(C)[C@H]1CN(C(=O)OC)[C@H](C(=O)O)[C@H]1CCOC(=O)C(C)(C)C. The second-order valence-corrected chi connectivity index (χ2v) is 7.20. The van der Waals surface area contributed by atoms with Gasteiger partial charge in [0.15, 0.2) is 0 Å². The number of carboxylic acids is 1. The van der Waals surface area contributed by atoms with Crippen LogP contribution in [0.2, 0.25) is 0 Å². The highest BCUT2D eigenvalue weighted by atomic mass is 16.5. The Kier molecular flexibility index (Phi) is 6.40. The van der Waals surface area contributed by atoms with Crippen molar-refractivity contribution in [2.45, 2.75) is 40.2 Å². The van der Waals surface area contributed by atoms with Gasteiger partial charge >= 0.3 is 18.0 Å². The van der Waals surface area contributed by atoms with E-state index in [1.807, 2.05) is 0 Å². The summed E-state index contributed by atoms with van der Waals surface area (Å²) in [6, 6.07) is -1.02. The van der Waals surface area contributed by atoms with Crippen molar-refractivity contribution >= 4 is 18.0 Å². The van der Waals surface area contributed by atoms with Crippen molar-refractivity contribution in [3.63, 3.8) is 0 Å². The first kappa shape index (κ1) is 20.0. The molecule has 1 fully saturated rings. The van der Waals surface area contributed by atoms with Gasteiger partial charge in [-0.15, -0.1) is 0 Å². The quantitative estimate of drug-likeness (QED) is 0.609. The molecule has 0 spiro atoms. The third-order valence-corrected chi connectivity index (χ3v) is 4.24. The van der Waals surface area contributed by atoms with Crippen LogP contribution < -0.4 is 0 Å². The molecular weight excluding hydrogens is 314 g/mol. The van der Waals surface area contributed by atoms with Crippen LogP contribution in [0.25, 0.3) is 0 Å². The molecule has 24 heavy (non-hydrogen) atoms. The molecule has 0 radical (unpaired) electrons. The van der Waals surface area contributed by atoms with E-state index in [1.165, 1.54) is 12.0 Å². The van der Waals surface area contributed by atoms with E-state index in [-0.39, 0.29) is 31.0 Å². The lowest BCUT2D eigenvalue weighted by Crippen LogP contribution is -2.43. The van der Waals surface area contributed by atoms with Crippen molar-refractivity contribution in [3.05, 3.63) is 12.2 Å². The molecule has 0 aromatic heterocycles. The zero-order valence-electron chi connectivity index (χ0n) is 15.0. The van der Waals surface area contributed by atoms with E-state index in [2.05, 4.69) is 11.3 Å². The van der Waals surface area contributed by atoms with Gasteiger partial charge in [-0.3, -0.25) is 9.69 Å². The molecule has 7 nitrogen and oxygen atoms in total. The van der Waals surface area contributed by atoms with Gasteiger partial charge in [0.05, 0.1) is 19.1 Å². The number of methoxy groups -OCH3 is 1. The summed E-state index contributed by atoms with van der Waals surface area (Å²) in [6.07, 6.45) is -0.341. The standard InChI is InChI=1S/C17H27NO6/c1-10(2)12-9-18(16(22)23-6)13(14(19)20)11(12)7-8-24-15(21)17(3,4)5/h11-13H,1,7-9H2,2-6H3,(H,19,20)/t11-,12+,13-/m0/s1. The van der Waals surface area contributed by atoms with Gasteiger partial charge in [-0.25, -0.2) is 9.59 Å². The van der Waals surface area contributed by atoms with Crippen LogP contribution in [-0.2, 0) is 19.1 Å². The van der Waals surface area contributed by atoms with E-state index in [0.29, 0.717) is 6.42 Å². The Bertz CT molecular complexity index is 522. The zero-order chi connectivity index (χ0) is 18.7. The van der Waals surface area contributed by atoms with Gasteiger partial charge in [0.25, 0.3) is 0 Å². The zero-order valence-corrected chi connectivity index (χ0v) is 15.0. The molecule has 0 aromatic rings. The fourth-order valence-electron chi connectivity index (χ4n) is 2.92. The number of aliphatic carboxylic acids is 1. The minimum Gasteiger partial charge on any atom is -0.480 e. The highest BCUT2D eigenvalue weighted by molar-refractivity contribution is 5.81. The molecule has 1 aliphatic heterocycles. The van der Waals surface area contributed by atoms with Crippen molar-refractivity contribution < 1.29 is 29.0 Å². The summed E-state index contributed by atoms with van der Waals surface area (Å²) in [4.78, 5) is 36.6. The van der Waals surface area contributed by atoms with E-state index in [4.69, 9.17) is 4.74 Å². The fourth-order valence-corrected chi connectivity index (χ4v) is 2.92. The first-order valence-corrected chi connectivity index (χ1v) is 7.90. The fraction of sp³-hybridized carbons (Fsp3) is 0.706. The van der Waals surface area contributed by atoms with E-state index in [1.54, 1.807) is 27.7 Å². The third-order valence-electron chi connectivity index (χ3n) is 4.24. The molecule has 0 unspecified atom stereocenters. The van der Waals surface area contributed by atoms with Crippen LogP contribution in [0.15, 0.2) is 12.2 Å². The van der Waals surface area contributed by atoms with E-state index >= 15 is 0 Å². The molecule has 0 bridgehead atoms. The molecule has 1 heterocycles. The van der Waals surface area contributed by atoms with Crippen LogP contribution in [0.1, 0.15) is 34.1 Å². The summed E-state index contributed by atoms with van der Waals surface area (Å²) in [5, 5.41) is 9.55. The highest BCUT2D eigenvalue weighted by Crippen LogP contribution is 2.37. The number of carbonyl (C=O) groups is 3. The molecule has 136 valence electrons. The van der Waals surface area contributed by atoms with Crippen molar-refractivity contribution in [2.24, 2.45) is 17.3 Å². The second-order valence-electron chi connectivity index (χ2n) is 7.20. The van der Waals surface area contributed by atoms with Crippen LogP contribution in [-0.4, -0.2) is 54.3 Å². The Morgan fingerprint density at radius 2 is 1.88 bits per heavy atom. The number of amides is 1. The summed E-state index contributed by atoms with van der Waals surface area (Å²) in [7, 11) is 1.22. The molecule has 7 heteroatoms. The topological polar surface area (TPSA) is 93.1 Å². The number of ether oxygens (including phenoxy) is 2. The average molecular weight is 341 g/mol. The van der Waals surface area contributed by atoms with Gasteiger partial charge in [0, 0.05) is 18.4 Å². The van der Waals surface area contributed by atoms with Crippen molar-refractivity contribution in [1.29, 1.82) is 0 Å². The number of likely N-dealkylation sites (tertiary alicyclic amines) is 1. The molecule has 1 amide bonds. The highest BCUT2D eigenvalue weighted by Gasteiger charge is 2.48. The van der Waals surface area contributed by atoms with E-state index in [9.17, 15) is 19.5 Å². The number of hydrogen-bond acceptors (Lipinski definition) is 5. The Morgan fingerprint density at radius 1 is 1.29 bits per heavy atom. The molecule has 1 saturated heterocycles. The summed E-state index contributed by atoms with van der Waals surface area (Å²) in [6.45, 7) is 11.3. The molecule has 0 aromatic carbocycles. The lowest BCUT2D eigenvalue weighted by molar-refractivity contribution is -0.153. The summed E-state index contributed by atoms with van der Waals surface area (Å²) < 4.78 is 9.94. The van der Waals surface area contributed by atoms with Crippen LogP contribution >= 0.6 is 0 Å². The lowest BCUT2D eigenvalue weighted by atomic mass is 9.84. The number of nitrogens with zero attached hydrogens (tertiary/aromatic N) is 1. The maximum atomic E-state index is 11.9. The number of esters is 1. The van der Waals surface area contributed by atoms with Gasteiger partial charge in [-0.2, -0.15) is 0 Å². The first-order valence-electron chi connectivity index (χ1n) is 7.90. The van der Waals surface area contributed by atoms with Crippen LogP contribution in [0.3, 0.4) is 0 Å². The molecule has 0 aliphatic carbocycles. The smallest absolute Gasteiger partial charge is 0.410 e. The van der Waals surface area contributed by atoms with Crippen LogP contribution in [0.5, 0.6) is 0 Å². The summed E-state index contributed by atoms with van der Waals surface area (Å²) >= 11 is 0. The normalized spacial score (nSPS) is 23.7. The Balaban J connectivity index is 2.89. The lowest BCUT2D eigenvalue weighted by Gasteiger charge is -2.25. The second kappa shape index (κ2) is 7.68. The molecule has 1 aliphatic rings. The predicted octanol–water partition coefficient (Wildman–Crippen LogP) is 2.31. The van der Waals surface area contributed by atoms with Crippen molar-refractivity contribution in [2.75, 3.05) is 20.3 Å². The van der Waals surface area contributed by atoms with Crippen molar-refractivity contribution in [1.82, 2.24) is 4.90 Å². The molecule has 1 rings (SSSR count). The molecule has 3 atom stereocenters. The predicted molar refractivity (Wildman–Crippen MR) is 87.4 cm³/mol. The van der Waals surface area contributed by atoms with Gasteiger partial charge < -0.3 is 14.6 Å². The number of hydrogen-bond donors (Lipinski definition) is 1. The van der Waals surface area contributed by atoms with E-state index in [0.717, 1.165) is 5.57 Å². The Labute approximate surface area is 142 Å². The summed E-state index contributed by atoms with van der Waals surface area (Å²) in [5.74, 6) is -2.01. The number of carboxylic acid groups (broad SMARTS) is 1. The van der Waals surface area contributed by atoms with Gasteiger partial charge in [0.2, 0.25) is 0 Å². The van der Waals surface area contributed by atoms with Gasteiger partial charge in [-0.05, 0) is 34.1 Å². The molecule has 0 saturated carbocycles. The first-order chi connectivity index (χ1) is 11.0. The molecular formula is C17H27NO6. The largest absolute Gasteiger partial charge is 0.480 e. The van der Waals surface area contributed by atoms with Gasteiger partial charge in [-0.1, -0.05) is 12.2 Å².